The van der Waals surface area contributed by atoms with Crippen LogP contribution in [0, 0.1) is 17.8 Å². The van der Waals surface area contributed by atoms with Gasteiger partial charge >= 0.3 is 6.18 Å². The van der Waals surface area contributed by atoms with Gasteiger partial charge in [0.2, 0.25) is 0 Å². The van der Waals surface area contributed by atoms with E-state index in [-0.39, 0.29) is 5.92 Å². The lowest BCUT2D eigenvalue weighted by Crippen LogP contribution is -2.42. The predicted molar refractivity (Wildman–Crippen MR) is 130 cm³/mol. The highest BCUT2D eigenvalue weighted by Gasteiger charge is 2.43. The van der Waals surface area contributed by atoms with Crippen LogP contribution < -0.4 is 4.90 Å². The highest BCUT2D eigenvalue weighted by atomic mass is 35.5. The van der Waals surface area contributed by atoms with Crippen LogP contribution in [0.25, 0.3) is 0 Å². The van der Waals surface area contributed by atoms with E-state index in [4.69, 9.17) is 21.7 Å². The maximum atomic E-state index is 13.4. The molecule has 2 aliphatic heterocycles. The van der Waals surface area contributed by atoms with Crippen molar-refractivity contribution < 1.29 is 13.2 Å². The third-order valence-corrected chi connectivity index (χ3v) is 8.39. The number of rotatable bonds is 4. The third kappa shape index (κ3) is 4.58. The van der Waals surface area contributed by atoms with Crippen molar-refractivity contribution >= 4 is 17.3 Å². The van der Waals surface area contributed by atoms with Gasteiger partial charge in [0, 0.05) is 38.0 Å². The molecule has 3 aliphatic rings. The Bertz CT molecular complexity index is 1230. The van der Waals surface area contributed by atoms with Crippen molar-refractivity contribution in [1.29, 1.82) is 0 Å². The Labute approximate surface area is 212 Å². The molecule has 1 unspecified atom stereocenters. The molecular weight excluding hydrogens is 489 g/mol. The average Bonchev–Trinajstić information content (AvgIpc) is 3.25. The molecule has 6 rings (SSSR count). The minimum absolute atomic E-state index is 0.168. The summed E-state index contributed by atoms with van der Waals surface area (Å²) in [6.07, 6.45) is 3.27. The maximum Gasteiger partial charge on any atom is 0.416 e. The second-order valence-corrected chi connectivity index (χ2v) is 10.8. The molecule has 1 saturated heterocycles. The molecule has 36 heavy (non-hydrogen) atoms. The number of piperidine rings is 1. The van der Waals surface area contributed by atoms with Gasteiger partial charge in [0.25, 0.3) is 0 Å². The molecule has 2 aromatic heterocycles. The smallest absolute Gasteiger partial charge is 0.370 e. The number of nitrogens with zero attached hydrogens (tertiary/aromatic N) is 6. The van der Waals surface area contributed by atoms with Crippen molar-refractivity contribution in [3.8, 4) is 0 Å². The zero-order valence-electron chi connectivity index (χ0n) is 19.8. The number of fused-ring (bicyclic) bond motifs is 3. The molecule has 1 aliphatic carbocycles. The van der Waals surface area contributed by atoms with Crippen LogP contribution in [0.3, 0.4) is 0 Å². The van der Waals surface area contributed by atoms with Crippen LogP contribution in [0.15, 0.2) is 36.5 Å². The number of hydrogen-bond donors (Lipinski definition) is 0. The van der Waals surface area contributed by atoms with Crippen LogP contribution in [0.1, 0.15) is 60.8 Å². The van der Waals surface area contributed by atoms with Crippen molar-refractivity contribution in [3.05, 3.63) is 64.5 Å². The summed E-state index contributed by atoms with van der Waals surface area (Å²) in [6, 6.07) is 7.58. The Hall–Kier alpha value is -2.68. The minimum Gasteiger partial charge on any atom is -0.370 e. The Morgan fingerprint density at radius 3 is 2.58 bits per heavy atom. The van der Waals surface area contributed by atoms with Gasteiger partial charge in [-0.3, -0.25) is 0 Å². The number of aromatic nitrogens is 5. The fraction of sp³-hybridized carbons (Fsp3) is 0.538. The Morgan fingerprint density at radius 2 is 1.83 bits per heavy atom. The van der Waals surface area contributed by atoms with Crippen LogP contribution in [0.2, 0.25) is 5.15 Å². The molecule has 0 N–H and O–H groups in total. The molecule has 0 amide bonds. The van der Waals surface area contributed by atoms with Crippen molar-refractivity contribution in [1.82, 2.24) is 25.0 Å². The van der Waals surface area contributed by atoms with Gasteiger partial charge in [-0.2, -0.15) is 23.4 Å². The summed E-state index contributed by atoms with van der Waals surface area (Å²) in [5.74, 6) is 3.05. The molecular formula is C26H28ClF3N6. The summed E-state index contributed by atoms with van der Waals surface area (Å²) in [4.78, 5) is 7.32. The molecule has 2 bridgehead atoms. The Kier molecular flexibility index (Phi) is 6.14. The first-order chi connectivity index (χ1) is 17.3. The molecule has 190 valence electrons. The number of anilines is 1. The molecule has 2 fully saturated rings. The molecule has 0 spiro atoms. The third-order valence-electron chi connectivity index (χ3n) is 8.21. The van der Waals surface area contributed by atoms with E-state index in [0.29, 0.717) is 28.5 Å². The lowest BCUT2D eigenvalue weighted by molar-refractivity contribution is -0.137. The van der Waals surface area contributed by atoms with Crippen molar-refractivity contribution in [3.63, 3.8) is 0 Å². The van der Waals surface area contributed by atoms with Gasteiger partial charge in [0.05, 0.1) is 17.4 Å². The molecule has 3 aromatic rings. The molecule has 1 saturated carbocycles. The highest BCUT2D eigenvalue weighted by Crippen LogP contribution is 2.45. The minimum atomic E-state index is -4.36. The Balaban J connectivity index is 1.22. The second kappa shape index (κ2) is 9.32. The summed E-state index contributed by atoms with van der Waals surface area (Å²) in [7, 11) is 0. The van der Waals surface area contributed by atoms with Gasteiger partial charge in [0.15, 0.2) is 11.0 Å². The summed E-state index contributed by atoms with van der Waals surface area (Å²) in [5.41, 5.74) is 1.08. The van der Waals surface area contributed by atoms with Crippen molar-refractivity contribution in [2.24, 2.45) is 17.8 Å². The van der Waals surface area contributed by atoms with Gasteiger partial charge in [-0.15, -0.1) is 5.10 Å². The predicted octanol–water partition coefficient (Wildman–Crippen LogP) is 5.76. The van der Waals surface area contributed by atoms with Gasteiger partial charge in [0.1, 0.15) is 5.82 Å². The fourth-order valence-corrected chi connectivity index (χ4v) is 6.65. The van der Waals surface area contributed by atoms with Gasteiger partial charge in [-0.25, -0.2) is 9.67 Å². The first-order valence-electron chi connectivity index (χ1n) is 12.7. The number of hydrogen-bond acceptors (Lipinski definition) is 5. The molecule has 1 aromatic carbocycles. The zero-order valence-corrected chi connectivity index (χ0v) is 20.6. The number of halogens is 4. The second-order valence-electron chi connectivity index (χ2n) is 10.4. The van der Waals surface area contributed by atoms with E-state index in [1.54, 1.807) is 12.3 Å². The highest BCUT2D eigenvalue weighted by molar-refractivity contribution is 6.29. The Morgan fingerprint density at radius 1 is 1.03 bits per heavy atom. The number of alkyl halides is 3. The van der Waals surface area contributed by atoms with E-state index in [9.17, 15) is 13.2 Å². The van der Waals surface area contributed by atoms with Crippen LogP contribution in [0.4, 0.5) is 18.9 Å². The molecule has 0 radical (unpaired) electrons. The van der Waals surface area contributed by atoms with Crippen LogP contribution in [0.5, 0.6) is 0 Å². The van der Waals surface area contributed by atoms with E-state index < -0.39 is 11.7 Å². The van der Waals surface area contributed by atoms with Crippen LogP contribution in [-0.2, 0) is 19.1 Å². The normalized spacial score (nSPS) is 26.1. The van der Waals surface area contributed by atoms with Gasteiger partial charge < -0.3 is 4.90 Å². The molecule has 6 nitrogen and oxygen atoms in total. The lowest BCUT2D eigenvalue weighted by Gasteiger charge is -2.38. The number of aryl methyl sites for hydroxylation is 1. The summed E-state index contributed by atoms with van der Waals surface area (Å²) >= 11 is 6.06. The monoisotopic (exact) mass is 516 g/mol. The van der Waals surface area contributed by atoms with Gasteiger partial charge in [-0.1, -0.05) is 36.2 Å². The van der Waals surface area contributed by atoms with Crippen molar-refractivity contribution in [2.75, 3.05) is 18.0 Å². The van der Waals surface area contributed by atoms with E-state index in [1.807, 2.05) is 10.7 Å². The lowest BCUT2D eigenvalue weighted by atomic mass is 9.82. The molecule has 10 heteroatoms. The average molecular weight is 517 g/mol. The van der Waals surface area contributed by atoms with E-state index in [2.05, 4.69) is 15.1 Å². The SMILES string of the molecule is FC(F)(F)c1cccc([C@H]2CCCCn3nc(CC4[C@@H]5CC[C@H]4CN(c4cnnc(Cl)c4)C5)nc32)c1. The number of benzene rings is 1. The summed E-state index contributed by atoms with van der Waals surface area (Å²) in [5, 5.41) is 13.1. The fourth-order valence-electron chi connectivity index (χ4n) is 6.49. The maximum absolute atomic E-state index is 13.4. The quantitative estimate of drug-likeness (QED) is 0.441. The van der Waals surface area contributed by atoms with E-state index >= 15 is 0 Å². The zero-order chi connectivity index (χ0) is 24.9. The van der Waals surface area contributed by atoms with E-state index in [1.165, 1.54) is 25.0 Å². The van der Waals surface area contributed by atoms with Crippen LogP contribution >= 0.6 is 11.6 Å². The van der Waals surface area contributed by atoms with Gasteiger partial charge in [-0.05, 0) is 55.1 Å². The first kappa shape index (κ1) is 23.7. The summed E-state index contributed by atoms with van der Waals surface area (Å²) in [6.45, 7) is 2.66. The standard InChI is InChI=1S/C26H28ClF3N6/c27-23-11-20(13-31-33-23)35-14-17-7-8-18(15-35)22(17)12-24-32-25-21(6-1-2-9-36(25)34-24)16-4-3-5-19(10-16)26(28,29)30/h3-5,10-11,13,17-18,21-22H,1-2,6-9,12,14-15H2/t17-,18+,21-,22?/m1/s1. The largest absolute Gasteiger partial charge is 0.416 e. The van der Waals surface area contributed by atoms with Crippen LogP contribution in [-0.4, -0.2) is 38.1 Å². The van der Waals surface area contributed by atoms with E-state index in [0.717, 1.165) is 68.7 Å². The molecule has 4 atom stereocenters. The van der Waals surface area contributed by atoms with Crippen molar-refractivity contribution in [2.45, 2.75) is 57.2 Å². The summed E-state index contributed by atoms with van der Waals surface area (Å²) < 4.78 is 42.0. The molecule has 4 heterocycles. The first-order valence-corrected chi connectivity index (χ1v) is 13.1. The topological polar surface area (TPSA) is 59.7 Å².